The molecule has 0 aliphatic carbocycles. The molecular weight excluding hydrogens is 558 g/mol. The average Bonchev–Trinajstić information content (AvgIpc) is 3.27. The molecule has 0 aliphatic rings. The van der Waals surface area contributed by atoms with E-state index >= 15 is 0 Å². The highest BCUT2D eigenvalue weighted by molar-refractivity contribution is 7.99. The first-order valence-corrected chi connectivity index (χ1v) is 13.6. The molecule has 4 nitrogen and oxygen atoms in total. The Hall–Kier alpha value is -3.08. The summed E-state index contributed by atoms with van der Waals surface area (Å²) in [4.78, 5) is 12.0. The number of esters is 1. The average molecular weight is 589 g/mol. The van der Waals surface area contributed by atoms with Gasteiger partial charge in [-0.2, -0.15) is 13.2 Å². The molecule has 0 bridgehead atoms. The highest BCUT2D eigenvalue weighted by Gasteiger charge is 2.40. The number of carbonyl (C=O) groups is 1. The molecule has 2 aromatic carbocycles. The maximum atomic E-state index is 13.2. The van der Waals surface area contributed by atoms with Crippen LogP contribution in [0.2, 0.25) is 0 Å². The van der Waals surface area contributed by atoms with Crippen LogP contribution in [0.1, 0.15) is 45.1 Å². The second-order valence-electron chi connectivity index (χ2n) is 9.85. The van der Waals surface area contributed by atoms with E-state index in [9.17, 15) is 31.1 Å². The Bertz CT molecular complexity index is 1310. The zero-order valence-corrected chi connectivity index (χ0v) is 22.9. The van der Waals surface area contributed by atoms with Gasteiger partial charge < -0.3 is 13.9 Å². The van der Waals surface area contributed by atoms with E-state index in [0.29, 0.717) is 27.8 Å². The molecule has 0 fully saturated rings. The minimum absolute atomic E-state index is 0.0287. The fraction of sp³-hybridized carbons (Fsp3) is 0.414. The second kappa shape index (κ2) is 13.1. The summed E-state index contributed by atoms with van der Waals surface area (Å²) < 4.78 is 94.3. The molecule has 0 saturated heterocycles. The van der Waals surface area contributed by atoms with E-state index in [0.717, 1.165) is 37.1 Å². The zero-order chi connectivity index (χ0) is 29.6. The van der Waals surface area contributed by atoms with Crippen molar-refractivity contribution in [3.63, 3.8) is 0 Å². The summed E-state index contributed by atoms with van der Waals surface area (Å²) in [6.07, 6.45) is -6.26. The van der Waals surface area contributed by atoms with Gasteiger partial charge in [-0.25, -0.2) is 4.79 Å². The molecular formula is C29H30F6O4S. The second-order valence-corrected chi connectivity index (χ2v) is 10.9. The highest BCUT2D eigenvalue weighted by Crippen LogP contribution is 2.41. The molecule has 1 unspecified atom stereocenters. The van der Waals surface area contributed by atoms with Crippen molar-refractivity contribution in [1.29, 1.82) is 0 Å². The number of furan rings is 1. The van der Waals surface area contributed by atoms with Gasteiger partial charge in [0.05, 0.1) is 18.6 Å². The molecule has 0 radical (unpaired) electrons. The minimum Gasteiger partial charge on any atom is -0.462 e. The first-order valence-electron chi connectivity index (χ1n) is 12.6. The normalized spacial score (nSPS) is 13.7. The van der Waals surface area contributed by atoms with Gasteiger partial charge in [-0.15, -0.1) is 24.9 Å². The van der Waals surface area contributed by atoms with Crippen LogP contribution in [0.5, 0.6) is 5.75 Å². The quantitative estimate of drug-likeness (QED) is 0.0654. The number of unbranched alkanes of at least 4 members (excludes halogenated alkanes) is 2. The van der Waals surface area contributed by atoms with E-state index < -0.39 is 37.0 Å². The third-order valence-electron chi connectivity index (χ3n) is 6.04. The number of fused-ring (bicyclic) bond motifs is 1. The summed E-state index contributed by atoms with van der Waals surface area (Å²) in [5.41, 5.74) is -0.218. The lowest BCUT2D eigenvalue weighted by Crippen LogP contribution is -2.33. The van der Waals surface area contributed by atoms with Gasteiger partial charge in [0.2, 0.25) is 0 Å². The molecule has 40 heavy (non-hydrogen) atoms. The van der Waals surface area contributed by atoms with Crippen molar-refractivity contribution >= 4 is 28.7 Å². The van der Waals surface area contributed by atoms with Gasteiger partial charge in [-0.1, -0.05) is 39.3 Å². The van der Waals surface area contributed by atoms with Crippen LogP contribution in [0.15, 0.2) is 64.4 Å². The third-order valence-corrected chi connectivity index (χ3v) is 7.47. The number of alkyl halides is 6. The summed E-state index contributed by atoms with van der Waals surface area (Å²) in [5, 5.41) is 0.599. The van der Waals surface area contributed by atoms with Gasteiger partial charge in [0.1, 0.15) is 17.1 Å². The number of rotatable bonds is 13. The van der Waals surface area contributed by atoms with Gasteiger partial charge in [-0.05, 0) is 54.8 Å². The first kappa shape index (κ1) is 31.4. The molecule has 1 aromatic heterocycles. The molecule has 1 atom stereocenters. The van der Waals surface area contributed by atoms with Gasteiger partial charge in [0.25, 0.3) is 0 Å². The molecule has 3 aromatic rings. The van der Waals surface area contributed by atoms with Crippen molar-refractivity contribution in [2.24, 2.45) is 5.41 Å². The van der Waals surface area contributed by atoms with E-state index in [1.54, 1.807) is 30.3 Å². The summed E-state index contributed by atoms with van der Waals surface area (Å²) in [6.45, 7) is 6.21. The number of aryl methyl sites for hydroxylation is 1. The van der Waals surface area contributed by atoms with Crippen molar-refractivity contribution in [1.82, 2.24) is 0 Å². The van der Waals surface area contributed by atoms with E-state index in [1.807, 2.05) is 6.92 Å². The van der Waals surface area contributed by atoms with E-state index in [4.69, 9.17) is 9.15 Å². The van der Waals surface area contributed by atoms with Crippen LogP contribution < -0.4 is 4.74 Å². The lowest BCUT2D eigenvalue weighted by atomic mass is 9.90. The van der Waals surface area contributed by atoms with Gasteiger partial charge in [0.15, 0.2) is 0 Å². The summed E-state index contributed by atoms with van der Waals surface area (Å²) in [7, 11) is 0. The minimum atomic E-state index is -4.89. The molecule has 0 amide bonds. The monoisotopic (exact) mass is 588 g/mol. The van der Waals surface area contributed by atoms with Crippen molar-refractivity contribution in [3.05, 3.63) is 60.7 Å². The molecule has 1 heterocycles. The molecule has 0 aliphatic heterocycles. The number of ether oxygens (including phenoxy) is 2. The summed E-state index contributed by atoms with van der Waals surface area (Å²) >= 11 is 1.12. The molecule has 11 heteroatoms. The Morgan fingerprint density at radius 1 is 1.05 bits per heavy atom. The Balaban J connectivity index is 1.85. The van der Waals surface area contributed by atoms with Crippen molar-refractivity contribution in [2.75, 3.05) is 12.4 Å². The van der Waals surface area contributed by atoms with Crippen LogP contribution in [-0.4, -0.2) is 30.9 Å². The zero-order valence-electron chi connectivity index (χ0n) is 22.1. The van der Waals surface area contributed by atoms with Crippen LogP contribution >= 0.6 is 11.8 Å². The van der Waals surface area contributed by atoms with E-state index in [1.165, 1.54) is 19.1 Å². The first-order chi connectivity index (χ1) is 18.7. The molecule has 0 saturated carbocycles. The predicted molar refractivity (Wildman–Crippen MR) is 142 cm³/mol. The fourth-order valence-electron chi connectivity index (χ4n) is 4.14. The van der Waals surface area contributed by atoms with E-state index in [-0.39, 0.29) is 22.8 Å². The number of benzene rings is 2. The van der Waals surface area contributed by atoms with Crippen LogP contribution in [0.25, 0.3) is 22.3 Å². The van der Waals surface area contributed by atoms with Crippen molar-refractivity contribution < 1.29 is 45.0 Å². The van der Waals surface area contributed by atoms with Gasteiger partial charge >= 0.3 is 18.5 Å². The van der Waals surface area contributed by atoms with Crippen LogP contribution in [-0.2, 0) is 16.0 Å². The van der Waals surface area contributed by atoms with Crippen molar-refractivity contribution in [3.8, 4) is 17.1 Å². The Labute approximate surface area is 232 Å². The fourth-order valence-corrected chi connectivity index (χ4v) is 5.19. The number of thioether (sulfide) groups is 1. The molecule has 0 spiro atoms. The lowest BCUT2D eigenvalue weighted by Gasteiger charge is -2.29. The maximum Gasteiger partial charge on any atom is 0.573 e. The van der Waals surface area contributed by atoms with Crippen LogP contribution in [0, 0.1) is 5.41 Å². The summed E-state index contributed by atoms with van der Waals surface area (Å²) in [6, 6.07) is 11.2. The third kappa shape index (κ3) is 9.53. The highest BCUT2D eigenvalue weighted by atomic mass is 32.2. The number of carbonyl (C=O) groups excluding carboxylic acids is 1. The van der Waals surface area contributed by atoms with Gasteiger partial charge in [0, 0.05) is 27.5 Å². The number of hydrogen-bond acceptors (Lipinski definition) is 5. The standard InChI is InChI=1S/C29H30F6O4S/c1-4-6-7-8-19-9-12-22(25(13-19)39-29(33,34)35)24-14-20-10-11-21(15-23(20)38-24)40-18-27(3,16-28(30,31)32)17-37-26(36)5-2/h5,9-15H,2,4,6-8,16-18H2,1,3H3. The SMILES string of the molecule is C=CC(=O)OCC(C)(CSc1ccc2cc(-c3ccc(CCCCC)cc3OC(F)(F)F)oc2c1)CC(F)(F)F. The smallest absolute Gasteiger partial charge is 0.462 e. The van der Waals surface area contributed by atoms with Crippen LogP contribution in [0.3, 0.4) is 0 Å². The van der Waals surface area contributed by atoms with Crippen LogP contribution in [0.4, 0.5) is 26.3 Å². The molecule has 218 valence electrons. The van der Waals surface area contributed by atoms with Crippen molar-refractivity contribution in [2.45, 2.75) is 63.4 Å². The predicted octanol–water partition coefficient (Wildman–Crippen LogP) is 9.51. The Morgan fingerprint density at radius 3 is 2.45 bits per heavy atom. The number of hydrogen-bond donors (Lipinski definition) is 0. The molecule has 0 N–H and O–H groups in total. The topological polar surface area (TPSA) is 48.7 Å². The maximum absolute atomic E-state index is 13.2. The Morgan fingerprint density at radius 2 is 1.80 bits per heavy atom. The van der Waals surface area contributed by atoms with E-state index in [2.05, 4.69) is 11.3 Å². The largest absolute Gasteiger partial charge is 0.573 e. The summed E-state index contributed by atoms with van der Waals surface area (Å²) in [5.74, 6) is -1.05. The Kier molecular flexibility index (Phi) is 10.3. The van der Waals surface area contributed by atoms with Gasteiger partial charge in [-0.3, -0.25) is 0 Å². The number of halogens is 6. The molecule has 3 rings (SSSR count). The lowest BCUT2D eigenvalue weighted by molar-refractivity contribution is -0.274.